The zero-order valence-electron chi connectivity index (χ0n) is 11.1. The zero-order valence-corrected chi connectivity index (χ0v) is 13.5. The summed E-state index contributed by atoms with van der Waals surface area (Å²) in [6.07, 6.45) is 0. The van der Waals surface area contributed by atoms with Crippen LogP contribution in [0.25, 0.3) is 0 Å². The van der Waals surface area contributed by atoms with Crippen molar-refractivity contribution in [1.29, 1.82) is 0 Å². The summed E-state index contributed by atoms with van der Waals surface area (Å²) >= 11 is 3.32. The molecule has 20 heavy (non-hydrogen) atoms. The van der Waals surface area contributed by atoms with Gasteiger partial charge in [0.15, 0.2) is 0 Å². The van der Waals surface area contributed by atoms with Crippen LogP contribution in [0, 0.1) is 6.92 Å². The molecule has 0 aliphatic rings. The predicted molar refractivity (Wildman–Crippen MR) is 81.0 cm³/mol. The van der Waals surface area contributed by atoms with E-state index in [1.165, 1.54) is 0 Å². The fraction of sp³-hybridized carbons (Fsp3) is 0.250. The maximum Gasteiger partial charge on any atom is 0.265 e. The van der Waals surface area contributed by atoms with E-state index in [0.717, 1.165) is 0 Å². The maximum atomic E-state index is 12.5. The van der Waals surface area contributed by atoms with Gasteiger partial charge in [0.1, 0.15) is 4.90 Å². The van der Waals surface area contributed by atoms with Crippen molar-refractivity contribution in [2.75, 3.05) is 11.8 Å². The lowest BCUT2D eigenvalue weighted by molar-refractivity contribution is 0.598. The van der Waals surface area contributed by atoms with Crippen molar-refractivity contribution in [1.82, 2.24) is 15.5 Å². The quantitative estimate of drug-likeness (QED) is 0.762. The van der Waals surface area contributed by atoms with Crippen LogP contribution in [0.5, 0.6) is 0 Å². The normalized spacial score (nSPS) is 11.6. The Morgan fingerprint density at radius 1 is 1.35 bits per heavy atom. The summed E-state index contributed by atoms with van der Waals surface area (Å²) in [5, 5.41) is 9.63. The first kappa shape index (κ1) is 15.0. The van der Waals surface area contributed by atoms with Gasteiger partial charge in [0.2, 0.25) is 0 Å². The number of halogens is 1. The summed E-state index contributed by atoms with van der Waals surface area (Å²) in [6, 6.07) is 7.04. The largest absolute Gasteiger partial charge is 0.314 e. The van der Waals surface area contributed by atoms with Crippen LogP contribution in [0.2, 0.25) is 0 Å². The zero-order chi connectivity index (χ0) is 14.8. The van der Waals surface area contributed by atoms with Crippen molar-refractivity contribution in [2.24, 2.45) is 0 Å². The topological polar surface area (TPSA) is 86.9 Å². The number of sulfonamides is 1. The highest BCUT2D eigenvalue weighted by Gasteiger charge is 2.24. The van der Waals surface area contributed by atoms with Crippen LogP contribution < -0.4 is 10.0 Å². The second-order valence-corrected chi connectivity index (χ2v) is 6.71. The van der Waals surface area contributed by atoms with Crippen LogP contribution in [-0.2, 0) is 16.6 Å². The van der Waals surface area contributed by atoms with Crippen LogP contribution >= 0.6 is 15.9 Å². The number of hydrogen-bond donors (Lipinski definition) is 3. The van der Waals surface area contributed by atoms with Crippen LogP contribution in [0.3, 0.4) is 0 Å². The first-order valence-electron chi connectivity index (χ1n) is 5.91. The second-order valence-electron chi connectivity index (χ2n) is 4.24. The Hall–Kier alpha value is -1.38. The molecule has 0 unspecified atom stereocenters. The van der Waals surface area contributed by atoms with Gasteiger partial charge < -0.3 is 5.32 Å². The van der Waals surface area contributed by atoms with E-state index >= 15 is 0 Å². The highest BCUT2D eigenvalue weighted by atomic mass is 79.9. The fourth-order valence-electron chi connectivity index (χ4n) is 1.85. The molecular weight excluding hydrogens is 344 g/mol. The van der Waals surface area contributed by atoms with Crippen LogP contribution in [0.1, 0.15) is 11.4 Å². The molecule has 1 aromatic heterocycles. The van der Waals surface area contributed by atoms with E-state index in [0.29, 0.717) is 28.1 Å². The molecule has 0 saturated carbocycles. The monoisotopic (exact) mass is 358 g/mol. The Labute approximate surface area is 126 Å². The van der Waals surface area contributed by atoms with Gasteiger partial charge in [-0.1, -0.05) is 12.1 Å². The lowest BCUT2D eigenvalue weighted by Crippen LogP contribution is -2.17. The third kappa shape index (κ3) is 3.02. The number of aromatic amines is 1. The Morgan fingerprint density at radius 2 is 2.05 bits per heavy atom. The number of nitrogens with zero attached hydrogens (tertiary/aromatic N) is 1. The van der Waals surface area contributed by atoms with Crippen LogP contribution in [-0.4, -0.2) is 25.7 Å². The fourth-order valence-corrected chi connectivity index (χ4v) is 3.81. The lowest BCUT2D eigenvalue weighted by Gasteiger charge is -2.10. The molecule has 0 saturated heterocycles. The van der Waals surface area contributed by atoms with Gasteiger partial charge in [-0.25, -0.2) is 8.42 Å². The van der Waals surface area contributed by atoms with Crippen molar-refractivity contribution < 1.29 is 8.42 Å². The van der Waals surface area contributed by atoms with Gasteiger partial charge in [0, 0.05) is 11.0 Å². The minimum absolute atomic E-state index is 0.183. The van der Waals surface area contributed by atoms with Gasteiger partial charge in [-0.2, -0.15) is 5.10 Å². The van der Waals surface area contributed by atoms with Gasteiger partial charge in [0.05, 0.1) is 17.1 Å². The molecule has 0 aliphatic heterocycles. The third-order valence-corrected chi connectivity index (χ3v) is 4.95. The van der Waals surface area contributed by atoms with Gasteiger partial charge in [0.25, 0.3) is 10.0 Å². The summed E-state index contributed by atoms with van der Waals surface area (Å²) in [6.45, 7) is 2.05. The van der Waals surface area contributed by atoms with Gasteiger partial charge >= 0.3 is 0 Å². The van der Waals surface area contributed by atoms with Crippen molar-refractivity contribution in [3.05, 3.63) is 40.1 Å². The first-order valence-corrected chi connectivity index (χ1v) is 8.19. The first-order chi connectivity index (χ1) is 9.45. The summed E-state index contributed by atoms with van der Waals surface area (Å²) in [5.74, 6) is 0. The molecule has 0 aliphatic carbocycles. The molecule has 2 rings (SSSR count). The number of anilines is 1. The van der Waals surface area contributed by atoms with Crippen molar-refractivity contribution in [2.45, 2.75) is 18.4 Å². The number of aromatic nitrogens is 2. The highest BCUT2D eigenvalue weighted by molar-refractivity contribution is 9.10. The molecule has 6 nitrogen and oxygen atoms in total. The Balaban J connectivity index is 2.41. The molecular formula is C12H15BrN4O2S. The summed E-state index contributed by atoms with van der Waals surface area (Å²) < 4.78 is 28.3. The molecule has 0 atom stereocenters. The van der Waals surface area contributed by atoms with E-state index in [1.54, 1.807) is 32.2 Å². The van der Waals surface area contributed by atoms with Crippen molar-refractivity contribution in [3.63, 3.8) is 0 Å². The van der Waals surface area contributed by atoms with E-state index in [2.05, 4.69) is 36.2 Å². The molecule has 0 fully saturated rings. The van der Waals surface area contributed by atoms with Crippen LogP contribution in [0.15, 0.2) is 33.6 Å². The predicted octanol–water partition coefficient (Wildman–Crippen LogP) is 2.00. The summed E-state index contributed by atoms with van der Waals surface area (Å²) in [5.41, 5.74) is 1.46. The second kappa shape index (κ2) is 5.94. The van der Waals surface area contributed by atoms with Gasteiger partial charge in [-0.15, -0.1) is 0 Å². The molecule has 0 radical (unpaired) electrons. The average Bonchev–Trinajstić information content (AvgIpc) is 2.74. The van der Waals surface area contributed by atoms with E-state index < -0.39 is 10.0 Å². The molecule has 3 N–H and O–H groups in total. The molecule has 1 aromatic carbocycles. The average molecular weight is 359 g/mol. The van der Waals surface area contributed by atoms with Gasteiger partial charge in [-0.3, -0.25) is 9.82 Å². The molecule has 108 valence electrons. The number of para-hydroxylation sites is 1. The number of hydrogen-bond acceptors (Lipinski definition) is 4. The highest BCUT2D eigenvalue weighted by Crippen LogP contribution is 2.26. The molecule has 0 bridgehead atoms. The van der Waals surface area contributed by atoms with Crippen LogP contribution in [0.4, 0.5) is 5.69 Å². The Kier molecular flexibility index (Phi) is 4.46. The smallest absolute Gasteiger partial charge is 0.265 e. The Morgan fingerprint density at radius 3 is 2.70 bits per heavy atom. The summed E-state index contributed by atoms with van der Waals surface area (Å²) in [4.78, 5) is 0.183. The summed E-state index contributed by atoms with van der Waals surface area (Å²) in [7, 11) is -1.95. The Bertz CT molecular complexity index is 712. The van der Waals surface area contributed by atoms with E-state index in [1.807, 2.05) is 6.07 Å². The van der Waals surface area contributed by atoms with E-state index in [4.69, 9.17) is 0 Å². The molecule has 2 aromatic rings. The molecule has 0 spiro atoms. The van der Waals surface area contributed by atoms with Gasteiger partial charge in [-0.05, 0) is 42.0 Å². The third-order valence-electron chi connectivity index (χ3n) is 2.69. The van der Waals surface area contributed by atoms with E-state index in [-0.39, 0.29) is 4.90 Å². The number of aryl methyl sites for hydroxylation is 1. The minimum Gasteiger partial charge on any atom is -0.314 e. The van der Waals surface area contributed by atoms with E-state index in [9.17, 15) is 8.42 Å². The molecule has 0 amide bonds. The lowest BCUT2D eigenvalue weighted by atomic mass is 10.3. The van der Waals surface area contributed by atoms with Crippen molar-refractivity contribution >= 4 is 31.6 Å². The number of H-pyrrole nitrogens is 1. The maximum absolute atomic E-state index is 12.5. The molecule has 1 heterocycles. The number of rotatable bonds is 5. The minimum atomic E-state index is -3.69. The number of benzene rings is 1. The number of nitrogens with one attached hydrogen (secondary N) is 3. The molecule has 8 heteroatoms. The SMILES string of the molecule is CNCc1n[nH]c(C)c1S(=O)(=O)Nc1ccccc1Br. The van der Waals surface area contributed by atoms with Crippen molar-refractivity contribution in [3.8, 4) is 0 Å². The standard InChI is InChI=1S/C12H15BrN4O2S/c1-8-12(11(7-14-2)16-15-8)20(18,19)17-10-6-4-3-5-9(10)13/h3-6,14,17H,7H2,1-2H3,(H,15,16).